The van der Waals surface area contributed by atoms with Crippen LogP contribution in [-0.4, -0.2) is 60.1 Å². The fraction of sp³-hybridized carbons (Fsp3) is 0.909. The zero-order chi connectivity index (χ0) is 11.3. The van der Waals surface area contributed by atoms with E-state index in [-0.39, 0.29) is 12.5 Å². The molecule has 15 heavy (non-hydrogen) atoms. The van der Waals surface area contributed by atoms with Crippen molar-refractivity contribution in [2.75, 3.05) is 33.3 Å². The lowest BCUT2D eigenvalue weighted by Gasteiger charge is -2.28. The Labute approximate surface area is 91.9 Å². The Bertz CT molecular complexity index is 209. The summed E-state index contributed by atoms with van der Waals surface area (Å²) in [6.45, 7) is 5.07. The number of likely N-dealkylation sites (N-methyl/N-ethyl adjacent to an activating group) is 1. The summed E-state index contributed by atoms with van der Waals surface area (Å²) in [5.41, 5.74) is 0. The zero-order valence-electron chi connectivity index (χ0n) is 9.78. The fourth-order valence-electron chi connectivity index (χ4n) is 2.12. The Morgan fingerprint density at radius 1 is 1.47 bits per heavy atom. The normalized spacial score (nSPS) is 23.9. The topological polar surface area (TPSA) is 43.8 Å². The molecule has 0 radical (unpaired) electrons. The molecule has 1 fully saturated rings. The Hall–Kier alpha value is -0.610. The van der Waals surface area contributed by atoms with E-state index in [2.05, 4.69) is 18.9 Å². The number of carbonyl (C=O) groups is 1. The van der Waals surface area contributed by atoms with Crippen LogP contribution in [0.4, 0.5) is 0 Å². The van der Waals surface area contributed by atoms with Gasteiger partial charge in [0.2, 0.25) is 5.91 Å². The molecule has 0 aliphatic carbocycles. The predicted octanol–water partition coefficient (Wildman–Crippen LogP) is 0.311. The maximum Gasteiger partial charge on any atom is 0.222 e. The van der Waals surface area contributed by atoms with Crippen molar-refractivity contribution in [3.8, 4) is 0 Å². The van der Waals surface area contributed by atoms with Gasteiger partial charge in [-0.25, -0.2) is 0 Å². The maximum absolute atomic E-state index is 11.8. The molecule has 1 heterocycles. The average molecular weight is 214 g/mol. The quantitative estimate of drug-likeness (QED) is 0.735. The van der Waals surface area contributed by atoms with E-state index in [0.29, 0.717) is 18.9 Å². The largest absolute Gasteiger partial charge is 0.396 e. The molecule has 1 N–H and O–H groups in total. The Morgan fingerprint density at radius 3 is 2.87 bits per heavy atom. The van der Waals surface area contributed by atoms with E-state index in [9.17, 15) is 4.79 Å². The summed E-state index contributed by atoms with van der Waals surface area (Å²) < 4.78 is 0. The van der Waals surface area contributed by atoms with Crippen LogP contribution in [-0.2, 0) is 4.79 Å². The first-order valence-electron chi connectivity index (χ1n) is 5.74. The van der Waals surface area contributed by atoms with Gasteiger partial charge in [0, 0.05) is 32.2 Å². The van der Waals surface area contributed by atoms with Crippen molar-refractivity contribution in [3.63, 3.8) is 0 Å². The summed E-state index contributed by atoms with van der Waals surface area (Å²) in [5.74, 6) is 0.187. The van der Waals surface area contributed by atoms with Crippen molar-refractivity contribution in [2.45, 2.75) is 32.2 Å². The maximum atomic E-state index is 11.8. The van der Waals surface area contributed by atoms with E-state index in [1.165, 1.54) is 0 Å². The minimum absolute atomic E-state index is 0.105. The van der Waals surface area contributed by atoms with Crippen molar-refractivity contribution >= 4 is 5.91 Å². The van der Waals surface area contributed by atoms with Crippen LogP contribution in [0.15, 0.2) is 0 Å². The van der Waals surface area contributed by atoms with Gasteiger partial charge in [-0.2, -0.15) is 0 Å². The van der Waals surface area contributed by atoms with Crippen molar-refractivity contribution in [2.24, 2.45) is 0 Å². The summed E-state index contributed by atoms with van der Waals surface area (Å²) in [5, 5.41) is 8.70. The van der Waals surface area contributed by atoms with Gasteiger partial charge in [-0.15, -0.1) is 0 Å². The van der Waals surface area contributed by atoms with E-state index in [4.69, 9.17) is 5.11 Å². The number of amides is 1. The number of nitrogens with zero attached hydrogens (tertiary/aromatic N) is 2. The van der Waals surface area contributed by atoms with E-state index < -0.39 is 0 Å². The highest BCUT2D eigenvalue weighted by Crippen LogP contribution is 2.10. The van der Waals surface area contributed by atoms with Crippen LogP contribution in [0.5, 0.6) is 0 Å². The molecule has 0 saturated carbocycles. The van der Waals surface area contributed by atoms with E-state index in [1.807, 2.05) is 4.90 Å². The third-order valence-electron chi connectivity index (χ3n) is 2.92. The average Bonchev–Trinajstić information content (AvgIpc) is 2.35. The van der Waals surface area contributed by atoms with E-state index in [1.54, 1.807) is 0 Å². The van der Waals surface area contributed by atoms with Gasteiger partial charge in [-0.3, -0.25) is 4.79 Å². The van der Waals surface area contributed by atoms with Crippen LogP contribution in [0.25, 0.3) is 0 Å². The molecule has 0 bridgehead atoms. The minimum Gasteiger partial charge on any atom is -0.396 e. The molecule has 1 rings (SSSR count). The summed E-state index contributed by atoms with van der Waals surface area (Å²) in [4.78, 5) is 16.0. The lowest BCUT2D eigenvalue weighted by molar-refractivity contribution is -0.133. The molecule has 1 saturated heterocycles. The van der Waals surface area contributed by atoms with Crippen LogP contribution in [0.1, 0.15) is 26.2 Å². The first kappa shape index (κ1) is 12.5. The molecule has 88 valence electrons. The second-order valence-corrected chi connectivity index (χ2v) is 4.38. The van der Waals surface area contributed by atoms with Crippen LogP contribution in [0, 0.1) is 0 Å². The summed E-state index contributed by atoms with van der Waals surface area (Å²) >= 11 is 0. The number of rotatable bonds is 3. The first-order valence-corrected chi connectivity index (χ1v) is 5.74. The number of hydrogen-bond donors (Lipinski definition) is 1. The van der Waals surface area contributed by atoms with Crippen LogP contribution < -0.4 is 0 Å². The van der Waals surface area contributed by atoms with Crippen molar-refractivity contribution in [3.05, 3.63) is 0 Å². The lowest BCUT2D eigenvalue weighted by Crippen LogP contribution is -2.41. The van der Waals surface area contributed by atoms with E-state index in [0.717, 1.165) is 26.1 Å². The highest BCUT2D eigenvalue weighted by Gasteiger charge is 2.23. The monoisotopic (exact) mass is 214 g/mol. The highest BCUT2D eigenvalue weighted by molar-refractivity contribution is 5.76. The molecule has 1 unspecified atom stereocenters. The third kappa shape index (κ3) is 3.80. The van der Waals surface area contributed by atoms with Gasteiger partial charge < -0.3 is 14.9 Å². The highest BCUT2D eigenvalue weighted by atomic mass is 16.3. The molecule has 0 spiro atoms. The molecular formula is C11H22N2O2. The standard InChI is InChI=1S/C11H22N2O2/c1-10-9-12(2)6-4-7-13(10)11(15)5-3-8-14/h10,14H,3-9H2,1-2H3. The molecular weight excluding hydrogens is 192 g/mol. The molecule has 1 aliphatic heterocycles. The fourth-order valence-corrected chi connectivity index (χ4v) is 2.12. The summed E-state index contributed by atoms with van der Waals surface area (Å²) in [6.07, 6.45) is 2.11. The SMILES string of the molecule is CC1CN(C)CCCN1C(=O)CCCO. The van der Waals surface area contributed by atoms with Crippen LogP contribution in [0.2, 0.25) is 0 Å². The minimum atomic E-state index is 0.105. The Balaban J connectivity index is 2.47. The lowest BCUT2D eigenvalue weighted by atomic mass is 10.2. The first-order chi connectivity index (χ1) is 7.15. The van der Waals surface area contributed by atoms with Gasteiger partial charge in [0.25, 0.3) is 0 Å². The van der Waals surface area contributed by atoms with Crippen LogP contribution in [0.3, 0.4) is 0 Å². The Morgan fingerprint density at radius 2 is 2.20 bits per heavy atom. The van der Waals surface area contributed by atoms with Gasteiger partial charge >= 0.3 is 0 Å². The molecule has 0 aromatic carbocycles. The van der Waals surface area contributed by atoms with Crippen molar-refractivity contribution in [1.29, 1.82) is 0 Å². The molecule has 0 aromatic heterocycles. The second-order valence-electron chi connectivity index (χ2n) is 4.38. The third-order valence-corrected chi connectivity index (χ3v) is 2.92. The van der Waals surface area contributed by atoms with Gasteiger partial charge in [0.1, 0.15) is 0 Å². The zero-order valence-corrected chi connectivity index (χ0v) is 9.78. The van der Waals surface area contributed by atoms with E-state index >= 15 is 0 Å². The van der Waals surface area contributed by atoms with Gasteiger partial charge in [-0.05, 0) is 33.4 Å². The number of carbonyl (C=O) groups excluding carboxylic acids is 1. The number of hydrogen-bond acceptors (Lipinski definition) is 3. The van der Waals surface area contributed by atoms with Gasteiger partial charge in [0.05, 0.1) is 0 Å². The molecule has 0 aromatic rings. The summed E-state index contributed by atoms with van der Waals surface area (Å²) in [7, 11) is 2.10. The predicted molar refractivity (Wildman–Crippen MR) is 59.6 cm³/mol. The number of aliphatic hydroxyl groups excluding tert-OH is 1. The van der Waals surface area contributed by atoms with Gasteiger partial charge in [0.15, 0.2) is 0 Å². The smallest absolute Gasteiger partial charge is 0.222 e. The number of aliphatic hydroxyl groups is 1. The molecule has 1 aliphatic rings. The van der Waals surface area contributed by atoms with Crippen molar-refractivity contribution in [1.82, 2.24) is 9.80 Å². The Kier molecular flexibility index (Phi) is 5.05. The molecule has 4 nitrogen and oxygen atoms in total. The molecule has 4 heteroatoms. The van der Waals surface area contributed by atoms with Crippen LogP contribution >= 0.6 is 0 Å². The van der Waals surface area contributed by atoms with Gasteiger partial charge in [-0.1, -0.05) is 0 Å². The van der Waals surface area contributed by atoms with Crippen molar-refractivity contribution < 1.29 is 9.90 Å². The second kappa shape index (κ2) is 6.08. The molecule has 1 amide bonds. The molecule has 1 atom stereocenters. The summed E-state index contributed by atoms with van der Waals surface area (Å²) in [6, 6.07) is 0.295.